The monoisotopic (exact) mass is 629 g/mol. The van der Waals surface area contributed by atoms with E-state index in [0.29, 0.717) is 25.3 Å². The predicted octanol–water partition coefficient (Wildman–Crippen LogP) is 3.33. The number of halogens is 5. The number of ether oxygens (including phenoxy) is 1. The number of benzene rings is 1. The van der Waals surface area contributed by atoms with Crippen molar-refractivity contribution in [3.8, 4) is 0 Å². The van der Waals surface area contributed by atoms with Crippen LogP contribution in [0.25, 0.3) is 0 Å². The van der Waals surface area contributed by atoms with Crippen molar-refractivity contribution < 1.29 is 49.8 Å². The number of unbranched alkanes of at least 4 members (excludes halogenated alkanes) is 1. The largest absolute Gasteiger partial charge is 0.453 e. The molecule has 42 heavy (non-hydrogen) atoms. The molecule has 0 heterocycles. The van der Waals surface area contributed by atoms with Gasteiger partial charge >= 0.3 is 12.3 Å². The SMILES string of the molecule is CCCCS(=O)(=O)C[C@@H](NC(=O)OC)C(=O)N(C[C@@H]1CCCC(C(F)(F)F)C1)C[C@@H](O)[C@@H](N)Cc1cc(F)cc(F)c1. The Labute approximate surface area is 242 Å². The molecular weight excluding hydrogens is 589 g/mol. The van der Waals surface area contributed by atoms with Crippen LogP contribution in [-0.2, 0) is 25.8 Å². The Morgan fingerprint density at radius 2 is 1.83 bits per heavy atom. The smallest absolute Gasteiger partial charge is 0.407 e. The van der Waals surface area contributed by atoms with Crippen molar-refractivity contribution in [2.24, 2.45) is 17.6 Å². The molecule has 0 radical (unpaired) electrons. The zero-order valence-electron chi connectivity index (χ0n) is 23.7. The number of aliphatic hydroxyl groups excluding tert-OH is 1. The Kier molecular flexibility index (Phi) is 13.4. The molecule has 240 valence electrons. The minimum atomic E-state index is -4.43. The lowest BCUT2D eigenvalue weighted by atomic mass is 9.80. The minimum Gasteiger partial charge on any atom is -0.453 e. The number of alkyl carbamates (subject to hydrolysis) is 1. The van der Waals surface area contributed by atoms with Crippen LogP contribution < -0.4 is 11.1 Å². The molecule has 1 aliphatic carbocycles. The van der Waals surface area contributed by atoms with Crippen LogP contribution in [0.4, 0.5) is 26.7 Å². The summed E-state index contributed by atoms with van der Waals surface area (Å²) in [6.45, 7) is 0.977. The third-order valence-electron chi connectivity index (χ3n) is 7.34. The number of aliphatic hydroxyl groups is 1. The summed E-state index contributed by atoms with van der Waals surface area (Å²) in [6, 6.07) is -0.101. The average molecular weight is 630 g/mol. The van der Waals surface area contributed by atoms with Gasteiger partial charge in [0.15, 0.2) is 9.84 Å². The summed E-state index contributed by atoms with van der Waals surface area (Å²) >= 11 is 0. The van der Waals surface area contributed by atoms with Crippen LogP contribution in [0.15, 0.2) is 18.2 Å². The Hall–Kier alpha value is -2.52. The fourth-order valence-corrected chi connectivity index (χ4v) is 6.75. The second-order valence-corrected chi connectivity index (χ2v) is 13.1. The van der Waals surface area contributed by atoms with Crippen molar-refractivity contribution in [2.75, 3.05) is 31.7 Å². The zero-order chi connectivity index (χ0) is 31.7. The second-order valence-electron chi connectivity index (χ2n) is 10.9. The van der Waals surface area contributed by atoms with Crippen LogP contribution in [0.1, 0.15) is 51.0 Å². The molecule has 4 N–H and O–H groups in total. The van der Waals surface area contributed by atoms with Crippen LogP contribution in [-0.4, -0.2) is 86.5 Å². The zero-order valence-corrected chi connectivity index (χ0v) is 24.5. The van der Waals surface area contributed by atoms with Gasteiger partial charge in [-0.05, 0) is 55.7 Å². The van der Waals surface area contributed by atoms with Gasteiger partial charge in [0, 0.05) is 25.2 Å². The number of hydrogen-bond acceptors (Lipinski definition) is 7. The highest BCUT2D eigenvalue weighted by atomic mass is 32.2. The summed E-state index contributed by atoms with van der Waals surface area (Å²) in [7, 11) is -2.84. The van der Waals surface area contributed by atoms with E-state index >= 15 is 0 Å². The highest BCUT2D eigenvalue weighted by Crippen LogP contribution is 2.40. The second kappa shape index (κ2) is 15.8. The summed E-state index contributed by atoms with van der Waals surface area (Å²) in [5, 5.41) is 13.1. The van der Waals surface area contributed by atoms with Crippen LogP contribution in [0, 0.1) is 23.5 Å². The normalized spacial score (nSPS) is 19.9. The minimum absolute atomic E-state index is 0.0617. The van der Waals surface area contributed by atoms with Crippen LogP contribution >= 0.6 is 0 Å². The molecule has 9 nitrogen and oxygen atoms in total. The maximum absolute atomic E-state index is 13.7. The highest BCUT2D eigenvalue weighted by Gasteiger charge is 2.43. The lowest BCUT2D eigenvalue weighted by molar-refractivity contribution is -0.186. The molecule has 2 rings (SSSR count). The van der Waals surface area contributed by atoms with E-state index < -0.39 is 82.0 Å². The number of nitrogens with two attached hydrogens (primary N) is 1. The average Bonchev–Trinajstić information content (AvgIpc) is 2.89. The molecule has 2 amide bonds. The number of hydrogen-bond donors (Lipinski definition) is 3. The molecule has 1 unspecified atom stereocenters. The van der Waals surface area contributed by atoms with E-state index in [4.69, 9.17) is 5.73 Å². The van der Waals surface area contributed by atoms with Gasteiger partial charge in [-0.25, -0.2) is 22.0 Å². The van der Waals surface area contributed by atoms with E-state index in [1.807, 2.05) is 0 Å². The van der Waals surface area contributed by atoms with E-state index in [1.165, 1.54) is 0 Å². The lowest BCUT2D eigenvalue weighted by Gasteiger charge is -2.37. The number of amides is 2. The fraction of sp³-hybridized carbons (Fsp3) is 0.704. The van der Waals surface area contributed by atoms with Crippen molar-refractivity contribution in [2.45, 2.75) is 76.2 Å². The van der Waals surface area contributed by atoms with Gasteiger partial charge in [0.05, 0.1) is 30.6 Å². The third kappa shape index (κ3) is 11.6. The number of alkyl halides is 3. The van der Waals surface area contributed by atoms with E-state index in [1.54, 1.807) is 6.92 Å². The van der Waals surface area contributed by atoms with Crippen molar-refractivity contribution >= 4 is 21.8 Å². The summed E-state index contributed by atoms with van der Waals surface area (Å²) in [6.07, 6.45) is -6.13. The van der Waals surface area contributed by atoms with Gasteiger partial charge in [-0.3, -0.25) is 4.79 Å². The summed E-state index contributed by atoms with van der Waals surface area (Å²) < 4.78 is 97.6. The van der Waals surface area contributed by atoms with E-state index in [0.717, 1.165) is 24.1 Å². The number of sulfone groups is 1. The topological polar surface area (TPSA) is 139 Å². The highest BCUT2D eigenvalue weighted by molar-refractivity contribution is 7.91. The molecule has 1 saturated carbocycles. The molecule has 0 spiro atoms. The first-order valence-corrected chi connectivity index (χ1v) is 15.7. The maximum Gasteiger partial charge on any atom is 0.407 e. The Bertz CT molecular complexity index is 1130. The van der Waals surface area contributed by atoms with Gasteiger partial charge in [0.25, 0.3) is 0 Å². The molecule has 1 aliphatic rings. The Balaban J connectivity index is 2.33. The Morgan fingerprint density at radius 1 is 1.19 bits per heavy atom. The number of rotatable bonds is 14. The van der Waals surface area contributed by atoms with Crippen molar-refractivity contribution in [1.82, 2.24) is 10.2 Å². The molecule has 5 atom stereocenters. The Morgan fingerprint density at radius 3 is 2.40 bits per heavy atom. The fourth-order valence-electron chi connectivity index (χ4n) is 5.12. The number of carbonyl (C=O) groups is 2. The number of carbonyl (C=O) groups excluding carboxylic acids is 2. The predicted molar refractivity (Wildman–Crippen MR) is 145 cm³/mol. The first-order chi connectivity index (χ1) is 19.5. The number of nitrogens with one attached hydrogen (secondary N) is 1. The first kappa shape index (κ1) is 35.7. The molecule has 0 bridgehead atoms. The lowest BCUT2D eigenvalue weighted by Crippen LogP contribution is -2.56. The number of methoxy groups -OCH3 is 1. The molecule has 15 heteroatoms. The van der Waals surface area contributed by atoms with Crippen LogP contribution in [0.5, 0.6) is 0 Å². The molecule has 1 aromatic carbocycles. The first-order valence-electron chi connectivity index (χ1n) is 13.8. The quantitative estimate of drug-likeness (QED) is 0.269. The van der Waals surface area contributed by atoms with Gasteiger partial charge in [0.1, 0.15) is 17.7 Å². The van der Waals surface area contributed by atoms with E-state index in [9.17, 15) is 45.1 Å². The number of nitrogens with zero attached hydrogens (tertiary/aromatic N) is 1. The van der Waals surface area contributed by atoms with Gasteiger partial charge in [-0.1, -0.05) is 19.8 Å². The molecule has 0 aromatic heterocycles. The van der Waals surface area contributed by atoms with Gasteiger partial charge in [-0.2, -0.15) is 13.2 Å². The summed E-state index contributed by atoms with van der Waals surface area (Å²) in [5.41, 5.74) is 6.21. The summed E-state index contributed by atoms with van der Waals surface area (Å²) in [4.78, 5) is 26.8. The van der Waals surface area contributed by atoms with Gasteiger partial charge in [-0.15, -0.1) is 0 Å². The van der Waals surface area contributed by atoms with Crippen LogP contribution in [0.2, 0.25) is 0 Å². The van der Waals surface area contributed by atoms with Gasteiger partial charge < -0.3 is 25.8 Å². The van der Waals surface area contributed by atoms with E-state index in [2.05, 4.69) is 10.1 Å². The molecule has 0 saturated heterocycles. The molecule has 1 aromatic rings. The summed E-state index contributed by atoms with van der Waals surface area (Å²) in [5.74, 6) is -5.94. The molecular formula is C27H40F5N3O6S. The maximum atomic E-state index is 13.7. The third-order valence-corrected chi connectivity index (χ3v) is 9.09. The van der Waals surface area contributed by atoms with Crippen molar-refractivity contribution in [3.05, 3.63) is 35.4 Å². The molecule has 0 aliphatic heterocycles. The van der Waals surface area contributed by atoms with Crippen LogP contribution in [0.3, 0.4) is 0 Å². The van der Waals surface area contributed by atoms with E-state index in [-0.39, 0.29) is 43.5 Å². The standard InChI is InChI=1S/C27H40F5N3O6S/c1-3-4-8-42(39,40)16-23(34-26(38)41-2)25(37)35(14-17-6-5-7-19(9-17)27(30,31)32)15-24(36)22(33)12-18-10-20(28)13-21(29)11-18/h10-11,13,17,19,22-24,36H,3-9,12,14-16,33H2,1-2H3,(H,34,38)/t17-,19?,22+,23-,24-/m1/s1. The van der Waals surface area contributed by atoms with Crippen molar-refractivity contribution in [1.29, 1.82) is 0 Å². The molecule has 1 fully saturated rings. The van der Waals surface area contributed by atoms with Gasteiger partial charge in [0.2, 0.25) is 5.91 Å². The van der Waals surface area contributed by atoms with Crippen molar-refractivity contribution in [3.63, 3.8) is 0 Å².